The van der Waals surface area contributed by atoms with E-state index in [2.05, 4.69) is 47.5 Å². The molecular weight excluding hydrogens is 324 g/mol. The maximum absolute atomic E-state index is 5.89. The van der Waals surface area contributed by atoms with Crippen LogP contribution in [0.2, 0.25) is 0 Å². The number of benzene rings is 2. The molecule has 1 N–H and O–H groups in total. The number of fused-ring (bicyclic) bond motifs is 2. The lowest BCUT2D eigenvalue weighted by Gasteiger charge is -2.27. The predicted octanol–water partition coefficient (Wildman–Crippen LogP) is 2.81. The highest BCUT2D eigenvalue weighted by Gasteiger charge is 2.23. The van der Waals surface area contributed by atoms with Crippen LogP contribution in [0.15, 0.2) is 48.7 Å². The minimum absolute atomic E-state index is 0.0756. The molecule has 1 aliphatic rings. The fourth-order valence-corrected chi connectivity index (χ4v) is 3.35. The largest absolute Gasteiger partial charge is 0.492 e. The summed E-state index contributed by atoms with van der Waals surface area (Å²) in [6.45, 7) is 2.53. The lowest BCUT2D eigenvalue weighted by molar-refractivity contribution is 0.261. The number of nitrogens with one attached hydrogen (secondary N) is 1. The van der Waals surface area contributed by atoms with E-state index in [1.54, 1.807) is 0 Å². The monoisotopic (exact) mass is 348 g/mol. The van der Waals surface area contributed by atoms with Gasteiger partial charge in [-0.25, -0.2) is 4.98 Å². The van der Waals surface area contributed by atoms with Crippen LogP contribution in [-0.2, 0) is 6.42 Å². The zero-order valence-corrected chi connectivity index (χ0v) is 15.3. The van der Waals surface area contributed by atoms with Crippen LogP contribution in [0.3, 0.4) is 0 Å². The van der Waals surface area contributed by atoms with Crippen molar-refractivity contribution in [2.45, 2.75) is 12.5 Å². The Hall–Kier alpha value is -2.50. The average molecular weight is 348 g/mol. The molecule has 134 valence electrons. The van der Waals surface area contributed by atoms with Gasteiger partial charge in [0.15, 0.2) is 0 Å². The Bertz CT molecular complexity index is 909. The number of ether oxygens (including phenoxy) is 1. The Morgan fingerprint density at radius 3 is 2.85 bits per heavy atom. The van der Waals surface area contributed by atoms with Crippen LogP contribution in [0, 0.1) is 0 Å². The molecule has 2 heterocycles. The second kappa shape index (κ2) is 7.40. The van der Waals surface area contributed by atoms with Crippen LogP contribution in [0.1, 0.15) is 22.9 Å². The first-order valence-electron chi connectivity index (χ1n) is 9.06. The number of nitrogens with zero attached hydrogens (tertiary/aromatic N) is 3. The molecule has 1 aliphatic heterocycles. The fourth-order valence-electron chi connectivity index (χ4n) is 3.35. The molecule has 0 bridgehead atoms. The number of hydrogen-bond donors (Lipinski definition) is 1. The summed E-state index contributed by atoms with van der Waals surface area (Å²) in [5.74, 6) is 0.941. The summed E-state index contributed by atoms with van der Waals surface area (Å²) >= 11 is 0. The molecule has 0 saturated heterocycles. The Morgan fingerprint density at radius 1 is 1.15 bits per heavy atom. The predicted molar refractivity (Wildman–Crippen MR) is 104 cm³/mol. The first-order valence-corrected chi connectivity index (χ1v) is 9.06. The van der Waals surface area contributed by atoms with Gasteiger partial charge in [0, 0.05) is 13.1 Å². The van der Waals surface area contributed by atoms with E-state index in [9.17, 15) is 0 Å². The van der Waals surface area contributed by atoms with Crippen molar-refractivity contribution in [2.24, 2.45) is 0 Å². The van der Waals surface area contributed by atoms with Crippen molar-refractivity contribution in [2.75, 3.05) is 33.8 Å². The van der Waals surface area contributed by atoms with Gasteiger partial charge in [0.1, 0.15) is 12.4 Å². The quantitative estimate of drug-likeness (QED) is 0.768. The molecule has 5 nitrogen and oxygen atoms in total. The van der Waals surface area contributed by atoms with Crippen LogP contribution in [0.25, 0.3) is 11.0 Å². The fraction of sp³-hybridized carbons (Fsp3) is 0.333. The Kier molecular flexibility index (Phi) is 4.82. The standard InChI is InChI=1S/C21H24N4O/c1-25(2)11-12-26-16-7-8-17-15(13-16)9-10-22-21(17)20-14-23-18-5-3-4-6-19(18)24-20/h3-8,13-14,21-22H,9-12H2,1-2H3/t21-/m0/s1. The molecule has 0 unspecified atom stereocenters. The van der Waals surface area contributed by atoms with Crippen molar-refractivity contribution in [1.82, 2.24) is 20.2 Å². The Morgan fingerprint density at radius 2 is 2.00 bits per heavy atom. The van der Waals surface area contributed by atoms with Gasteiger partial charge >= 0.3 is 0 Å². The molecule has 1 aromatic heterocycles. The molecule has 0 radical (unpaired) electrons. The molecule has 0 fully saturated rings. The third kappa shape index (κ3) is 3.54. The molecule has 0 amide bonds. The van der Waals surface area contributed by atoms with Gasteiger partial charge in [-0.3, -0.25) is 4.98 Å². The summed E-state index contributed by atoms with van der Waals surface area (Å²) in [7, 11) is 4.11. The van der Waals surface area contributed by atoms with Crippen molar-refractivity contribution >= 4 is 11.0 Å². The molecule has 5 heteroatoms. The minimum Gasteiger partial charge on any atom is -0.492 e. The van der Waals surface area contributed by atoms with Gasteiger partial charge in [0.2, 0.25) is 0 Å². The summed E-state index contributed by atoms with van der Waals surface area (Å²) < 4.78 is 5.89. The van der Waals surface area contributed by atoms with Crippen LogP contribution in [-0.4, -0.2) is 48.7 Å². The average Bonchev–Trinajstić information content (AvgIpc) is 2.66. The third-order valence-electron chi connectivity index (χ3n) is 4.74. The molecule has 4 rings (SSSR count). The number of para-hydroxylation sites is 2. The smallest absolute Gasteiger partial charge is 0.119 e. The summed E-state index contributed by atoms with van der Waals surface area (Å²) in [5.41, 5.74) is 5.41. The van der Waals surface area contributed by atoms with Gasteiger partial charge in [-0.15, -0.1) is 0 Å². The third-order valence-corrected chi connectivity index (χ3v) is 4.74. The van der Waals surface area contributed by atoms with Gasteiger partial charge in [-0.05, 0) is 55.9 Å². The van der Waals surface area contributed by atoms with Crippen LogP contribution in [0.4, 0.5) is 0 Å². The Labute approximate surface area is 154 Å². The molecular formula is C21H24N4O. The first-order chi connectivity index (χ1) is 12.7. The topological polar surface area (TPSA) is 50.3 Å². The Balaban J connectivity index is 1.60. The number of hydrogen-bond acceptors (Lipinski definition) is 5. The second-order valence-corrected chi connectivity index (χ2v) is 6.93. The number of aromatic nitrogens is 2. The minimum atomic E-state index is 0.0756. The molecule has 2 aromatic carbocycles. The van der Waals surface area contributed by atoms with E-state index >= 15 is 0 Å². The van der Waals surface area contributed by atoms with Crippen LogP contribution >= 0.6 is 0 Å². The van der Waals surface area contributed by atoms with Crippen molar-refractivity contribution in [1.29, 1.82) is 0 Å². The molecule has 0 spiro atoms. The normalized spacial score (nSPS) is 16.7. The summed E-state index contributed by atoms with van der Waals surface area (Å²) in [5, 5.41) is 3.58. The van der Waals surface area contributed by atoms with Crippen molar-refractivity contribution in [3.05, 3.63) is 65.5 Å². The van der Waals surface area contributed by atoms with Gasteiger partial charge in [0.05, 0.1) is 29.0 Å². The molecule has 26 heavy (non-hydrogen) atoms. The van der Waals surface area contributed by atoms with E-state index in [4.69, 9.17) is 9.72 Å². The summed E-state index contributed by atoms with van der Waals surface area (Å²) in [6, 6.07) is 14.5. The SMILES string of the molecule is CN(C)CCOc1ccc2c(c1)CCN[C@@H]2c1cnc2ccccc2n1. The highest BCUT2D eigenvalue weighted by molar-refractivity contribution is 5.73. The van der Waals surface area contributed by atoms with Crippen LogP contribution < -0.4 is 10.1 Å². The number of likely N-dealkylation sites (N-methyl/N-ethyl adjacent to an activating group) is 1. The van der Waals surface area contributed by atoms with Gasteiger partial charge in [-0.2, -0.15) is 0 Å². The highest BCUT2D eigenvalue weighted by atomic mass is 16.5. The van der Waals surface area contributed by atoms with Crippen molar-refractivity contribution in [3.8, 4) is 5.75 Å². The van der Waals surface area contributed by atoms with Gasteiger partial charge < -0.3 is 15.0 Å². The second-order valence-electron chi connectivity index (χ2n) is 6.93. The maximum atomic E-state index is 5.89. The van der Waals surface area contributed by atoms with E-state index in [1.165, 1.54) is 11.1 Å². The zero-order valence-electron chi connectivity index (χ0n) is 15.3. The maximum Gasteiger partial charge on any atom is 0.119 e. The van der Waals surface area contributed by atoms with Gasteiger partial charge in [-0.1, -0.05) is 18.2 Å². The molecule has 0 saturated carbocycles. The van der Waals surface area contributed by atoms with Crippen molar-refractivity contribution < 1.29 is 4.74 Å². The van der Waals surface area contributed by atoms with E-state index in [0.717, 1.165) is 42.0 Å². The zero-order chi connectivity index (χ0) is 17.9. The first kappa shape index (κ1) is 16.9. The van der Waals surface area contributed by atoms with Gasteiger partial charge in [0.25, 0.3) is 0 Å². The van der Waals surface area contributed by atoms with Crippen LogP contribution in [0.5, 0.6) is 5.75 Å². The molecule has 0 aliphatic carbocycles. The van der Waals surface area contributed by atoms with E-state index in [-0.39, 0.29) is 6.04 Å². The van der Waals surface area contributed by atoms with Crippen molar-refractivity contribution in [3.63, 3.8) is 0 Å². The van der Waals surface area contributed by atoms with E-state index in [1.807, 2.05) is 30.5 Å². The van der Waals surface area contributed by atoms with E-state index in [0.29, 0.717) is 6.61 Å². The molecule has 3 aromatic rings. The lowest BCUT2D eigenvalue weighted by atomic mass is 9.92. The highest BCUT2D eigenvalue weighted by Crippen LogP contribution is 2.30. The lowest BCUT2D eigenvalue weighted by Crippen LogP contribution is -2.31. The summed E-state index contributed by atoms with van der Waals surface area (Å²) in [6.07, 6.45) is 2.88. The number of rotatable bonds is 5. The summed E-state index contributed by atoms with van der Waals surface area (Å²) in [4.78, 5) is 11.5. The molecule has 1 atom stereocenters. The van der Waals surface area contributed by atoms with E-state index < -0.39 is 0 Å².